The average Bonchev–Trinajstić information content (AvgIpc) is 3.31. The first-order valence-corrected chi connectivity index (χ1v) is 8.94. The zero-order valence-electron chi connectivity index (χ0n) is 13.1. The zero-order chi connectivity index (χ0) is 18.8. The third kappa shape index (κ3) is 4.58. The molecule has 0 radical (unpaired) electrons. The highest BCUT2D eigenvalue weighted by Gasteiger charge is 2.40. The number of carboxylic acids is 1. The number of aliphatic carboxylic acids is 1. The molecule has 25 heavy (non-hydrogen) atoms. The molecule has 1 aliphatic rings. The van der Waals surface area contributed by atoms with Gasteiger partial charge in [0.15, 0.2) is 5.75 Å². The number of aliphatic hydroxyl groups excluding tert-OH is 1. The van der Waals surface area contributed by atoms with Gasteiger partial charge in [0.25, 0.3) is 0 Å². The van der Waals surface area contributed by atoms with Gasteiger partial charge in [-0.1, -0.05) is 6.92 Å². The van der Waals surface area contributed by atoms with Crippen LogP contribution in [0.3, 0.4) is 0 Å². The van der Waals surface area contributed by atoms with Crippen LogP contribution in [0.1, 0.15) is 31.7 Å². The second-order valence-electron chi connectivity index (χ2n) is 5.52. The molecule has 1 aromatic rings. The number of aliphatic imine (C=N–C) groups is 1. The van der Waals surface area contributed by atoms with E-state index in [1.54, 1.807) is 0 Å². The molecule has 0 unspecified atom stereocenters. The van der Waals surface area contributed by atoms with Crippen LogP contribution in [0.4, 0.5) is 8.78 Å². The summed E-state index contributed by atoms with van der Waals surface area (Å²) in [6, 6.07) is 2.75. The number of halogens is 4. The number of hydrogen-bond donors (Lipinski definition) is 2. The van der Waals surface area contributed by atoms with E-state index in [1.807, 2.05) is 6.92 Å². The van der Waals surface area contributed by atoms with Gasteiger partial charge in [-0.25, -0.2) is 4.79 Å². The molecular weight excluding hydrogens is 468 g/mol. The number of rotatable bonds is 7. The van der Waals surface area contributed by atoms with Crippen molar-refractivity contribution in [2.45, 2.75) is 38.3 Å². The second-order valence-corrected chi connectivity index (χ2v) is 7.17. The lowest BCUT2D eigenvalue weighted by Crippen LogP contribution is -2.10. The fourth-order valence-electron chi connectivity index (χ4n) is 2.19. The van der Waals surface area contributed by atoms with Gasteiger partial charge in [0.05, 0.1) is 14.5 Å². The molecular formula is C16H15Br2F2NO4. The van der Waals surface area contributed by atoms with Crippen LogP contribution in [0.2, 0.25) is 0 Å². The number of ether oxygens (including phenoxy) is 1. The third-order valence-electron chi connectivity index (χ3n) is 3.95. The Morgan fingerprint density at radius 1 is 1.40 bits per heavy atom. The van der Waals surface area contributed by atoms with E-state index in [4.69, 9.17) is 0 Å². The quantitative estimate of drug-likeness (QED) is 0.319. The summed E-state index contributed by atoms with van der Waals surface area (Å²) in [6.07, 6.45) is 3.62. The van der Waals surface area contributed by atoms with Crippen molar-refractivity contribution in [1.82, 2.24) is 0 Å². The van der Waals surface area contributed by atoms with Crippen LogP contribution < -0.4 is 4.74 Å². The minimum Gasteiger partial charge on any atom is -0.506 e. The van der Waals surface area contributed by atoms with Gasteiger partial charge >= 0.3 is 12.6 Å². The normalized spacial score (nSPS) is 16.9. The molecule has 9 heteroatoms. The van der Waals surface area contributed by atoms with Crippen LogP contribution >= 0.6 is 31.9 Å². The molecule has 1 aliphatic carbocycles. The number of carboxylic acid groups (broad SMARTS) is 1. The SMILES string of the molecule is CCC1(N=CC(C(=O)O)=C(O)c2ccc(Br)c(OC(F)F)c2Br)CC1. The zero-order valence-corrected chi connectivity index (χ0v) is 16.3. The van der Waals surface area contributed by atoms with Gasteiger partial charge in [-0.2, -0.15) is 8.78 Å². The summed E-state index contributed by atoms with van der Waals surface area (Å²) in [6.45, 7) is -1.12. The topological polar surface area (TPSA) is 79.1 Å². The van der Waals surface area contributed by atoms with Crippen LogP contribution in [0.25, 0.3) is 5.76 Å². The van der Waals surface area contributed by atoms with Gasteiger partial charge in [0.2, 0.25) is 0 Å². The third-order valence-corrected chi connectivity index (χ3v) is 5.36. The Hall–Kier alpha value is -1.48. The van der Waals surface area contributed by atoms with Crippen LogP contribution in [0, 0.1) is 0 Å². The highest BCUT2D eigenvalue weighted by Crippen LogP contribution is 2.43. The molecule has 0 saturated heterocycles. The Kier molecular flexibility index (Phi) is 6.21. The van der Waals surface area contributed by atoms with Gasteiger partial charge in [-0.3, -0.25) is 4.99 Å². The van der Waals surface area contributed by atoms with Crippen molar-refractivity contribution in [3.05, 3.63) is 32.2 Å². The summed E-state index contributed by atoms with van der Waals surface area (Å²) in [5, 5.41) is 19.8. The molecule has 136 valence electrons. The van der Waals surface area contributed by atoms with Crippen molar-refractivity contribution in [2.75, 3.05) is 0 Å². The van der Waals surface area contributed by atoms with Crippen molar-refractivity contribution >= 4 is 49.8 Å². The lowest BCUT2D eigenvalue weighted by Gasteiger charge is -2.13. The minimum absolute atomic E-state index is 0.00320. The monoisotopic (exact) mass is 481 g/mol. The molecule has 0 aliphatic heterocycles. The number of alkyl halides is 2. The summed E-state index contributed by atoms with van der Waals surface area (Å²) in [5.74, 6) is -2.21. The van der Waals surface area contributed by atoms with E-state index >= 15 is 0 Å². The largest absolute Gasteiger partial charge is 0.506 e. The van der Waals surface area contributed by atoms with E-state index < -0.39 is 23.9 Å². The molecule has 5 nitrogen and oxygen atoms in total. The van der Waals surface area contributed by atoms with Gasteiger partial charge in [-0.05, 0) is 63.3 Å². The smallest absolute Gasteiger partial charge is 0.387 e. The molecule has 0 heterocycles. The van der Waals surface area contributed by atoms with Crippen molar-refractivity contribution in [1.29, 1.82) is 0 Å². The summed E-state index contributed by atoms with van der Waals surface area (Å²) in [5.41, 5.74) is -0.684. The lowest BCUT2D eigenvalue weighted by atomic mass is 10.1. The van der Waals surface area contributed by atoms with Crippen molar-refractivity contribution < 1.29 is 28.5 Å². The predicted molar refractivity (Wildman–Crippen MR) is 96.4 cm³/mol. The number of benzene rings is 1. The molecule has 0 amide bonds. The van der Waals surface area contributed by atoms with Gasteiger partial charge < -0.3 is 14.9 Å². The Labute approximate surface area is 159 Å². The first-order valence-electron chi connectivity index (χ1n) is 7.35. The van der Waals surface area contributed by atoms with E-state index in [1.165, 1.54) is 12.1 Å². The molecule has 1 aromatic carbocycles. The second kappa shape index (κ2) is 7.82. The highest BCUT2D eigenvalue weighted by molar-refractivity contribution is 9.11. The number of hydrogen-bond acceptors (Lipinski definition) is 4. The molecule has 0 aromatic heterocycles. The first-order chi connectivity index (χ1) is 11.7. The Bertz CT molecular complexity index is 746. The van der Waals surface area contributed by atoms with E-state index in [0.29, 0.717) is 0 Å². The van der Waals surface area contributed by atoms with Gasteiger partial charge in [-0.15, -0.1) is 0 Å². The maximum atomic E-state index is 12.5. The summed E-state index contributed by atoms with van der Waals surface area (Å²) in [4.78, 5) is 15.8. The van der Waals surface area contributed by atoms with Crippen molar-refractivity contribution in [3.63, 3.8) is 0 Å². The summed E-state index contributed by atoms with van der Waals surface area (Å²) < 4.78 is 29.7. The van der Waals surface area contributed by atoms with Crippen molar-refractivity contribution in [2.24, 2.45) is 4.99 Å². The Balaban J connectivity index is 2.49. The van der Waals surface area contributed by atoms with E-state index in [0.717, 1.165) is 25.5 Å². The van der Waals surface area contributed by atoms with Gasteiger partial charge in [0.1, 0.15) is 11.3 Å². The molecule has 0 bridgehead atoms. The number of aliphatic hydroxyl groups is 1. The Morgan fingerprint density at radius 2 is 2.04 bits per heavy atom. The maximum absolute atomic E-state index is 12.5. The lowest BCUT2D eigenvalue weighted by molar-refractivity contribution is -0.132. The summed E-state index contributed by atoms with van der Waals surface area (Å²) in [7, 11) is 0. The van der Waals surface area contributed by atoms with Gasteiger partial charge in [0, 0.05) is 11.8 Å². The van der Waals surface area contributed by atoms with E-state index in [2.05, 4.69) is 41.6 Å². The van der Waals surface area contributed by atoms with Crippen LogP contribution in [-0.2, 0) is 4.79 Å². The first kappa shape index (κ1) is 19.8. The molecule has 1 saturated carbocycles. The minimum atomic E-state index is -3.08. The van der Waals surface area contributed by atoms with Crippen molar-refractivity contribution in [3.8, 4) is 5.75 Å². The molecule has 1 fully saturated rings. The van der Waals surface area contributed by atoms with Crippen LogP contribution in [0.15, 0.2) is 31.6 Å². The fraction of sp³-hybridized carbons (Fsp3) is 0.375. The predicted octanol–water partition coefficient (Wildman–Crippen LogP) is 5.18. The number of carbonyl (C=O) groups is 1. The Morgan fingerprint density at radius 3 is 2.52 bits per heavy atom. The fourth-order valence-corrected chi connectivity index (χ4v) is 3.51. The average molecular weight is 483 g/mol. The standard InChI is InChI=1S/C16H15Br2F2NO4/c1-2-16(5-6-16)21-7-9(14(23)24)12(22)8-3-4-10(17)13(11(8)18)25-15(19)20/h3-4,7,15,22H,2,5-6H2,1H3,(H,23,24). The molecule has 0 atom stereocenters. The van der Waals surface area contributed by atoms with Crippen LogP contribution in [0.5, 0.6) is 5.75 Å². The van der Waals surface area contributed by atoms with E-state index in [9.17, 15) is 23.8 Å². The van der Waals surface area contributed by atoms with Crippen LogP contribution in [-0.4, -0.2) is 34.5 Å². The summed E-state index contributed by atoms with van der Waals surface area (Å²) >= 11 is 6.15. The maximum Gasteiger partial charge on any atom is 0.387 e. The molecule has 0 spiro atoms. The molecule has 2 rings (SSSR count). The number of nitrogens with zero attached hydrogens (tertiary/aromatic N) is 1. The molecule has 2 N–H and O–H groups in total. The highest BCUT2D eigenvalue weighted by atomic mass is 79.9. The van der Waals surface area contributed by atoms with E-state index in [-0.39, 0.29) is 25.8 Å².